The fourth-order valence-electron chi connectivity index (χ4n) is 7.32. The Morgan fingerprint density at radius 2 is 0.471 bits per heavy atom. The summed E-state index contributed by atoms with van der Waals surface area (Å²) in [7, 11) is 0. The van der Waals surface area contributed by atoms with E-state index in [1.165, 1.54) is 14.3 Å². The van der Waals surface area contributed by atoms with Crippen molar-refractivity contribution in [2.45, 2.75) is 0 Å². The molecule has 0 aliphatic rings. The van der Waals surface area contributed by atoms with Gasteiger partial charge in [0.2, 0.25) is 0 Å². The molecule has 8 rings (SSSR count). The molecule has 51 heavy (non-hydrogen) atoms. The van der Waals surface area contributed by atoms with Crippen LogP contribution in [0.5, 0.6) is 0 Å². The standard InChI is InChI=1S/C30H23N2.3C6H5.Sn/c1-5-13-25(14-6-1)31(26-15-7-2-8-16-26)29-21-23-30(24-22-29)32(27-17-9-3-10-18-27)28-19-11-4-12-20-28;3*1-2-4-6-5-3-1;/h1-11,13-24H;3*1-5H;. The Morgan fingerprint density at radius 3 is 0.824 bits per heavy atom. The fourth-order valence-corrected chi connectivity index (χ4v) is 21.0. The van der Waals surface area contributed by atoms with Crippen LogP contribution in [-0.2, 0) is 0 Å². The van der Waals surface area contributed by atoms with Gasteiger partial charge < -0.3 is 0 Å². The summed E-state index contributed by atoms with van der Waals surface area (Å²) in [6.07, 6.45) is 0. The monoisotopic (exact) mass is 762 g/mol. The molecule has 0 aliphatic carbocycles. The van der Waals surface area contributed by atoms with E-state index in [4.69, 9.17) is 0 Å². The third-order valence-corrected chi connectivity index (χ3v) is 23.2. The van der Waals surface area contributed by atoms with Gasteiger partial charge in [0.15, 0.2) is 0 Å². The molecule has 0 fully saturated rings. The van der Waals surface area contributed by atoms with Crippen LogP contribution < -0.4 is 24.1 Å². The van der Waals surface area contributed by atoms with Crippen molar-refractivity contribution in [1.29, 1.82) is 0 Å². The summed E-state index contributed by atoms with van der Waals surface area (Å²) in [5, 5.41) is 0. The average Bonchev–Trinajstić information content (AvgIpc) is 3.22. The molecule has 0 bridgehead atoms. The first-order valence-corrected chi connectivity index (χ1v) is 23.2. The summed E-state index contributed by atoms with van der Waals surface area (Å²) in [6.45, 7) is 0. The normalized spacial score (nSPS) is 11.1. The van der Waals surface area contributed by atoms with Gasteiger partial charge in [0, 0.05) is 0 Å². The van der Waals surface area contributed by atoms with Crippen molar-refractivity contribution in [2.75, 3.05) is 9.80 Å². The zero-order valence-electron chi connectivity index (χ0n) is 28.3. The maximum absolute atomic E-state index is 3.82. The van der Waals surface area contributed by atoms with Gasteiger partial charge in [-0.1, -0.05) is 12.1 Å². The molecule has 3 heteroatoms. The van der Waals surface area contributed by atoms with E-state index in [0.29, 0.717) is 0 Å². The number of benzene rings is 8. The summed E-state index contributed by atoms with van der Waals surface area (Å²) in [4.78, 5) is 4.69. The summed E-state index contributed by atoms with van der Waals surface area (Å²) in [6, 6.07) is 83.8. The van der Waals surface area contributed by atoms with Crippen LogP contribution in [0, 0.1) is 0 Å². The predicted octanol–water partition coefficient (Wildman–Crippen LogP) is 10.0. The van der Waals surface area contributed by atoms with E-state index in [9.17, 15) is 0 Å². The van der Waals surface area contributed by atoms with E-state index in [-0.39, 0.29) is 0 Å². The number of rotatable bonds is 10. The summed E-state index contributed by atoms with van der Waals surface area (Å²) in [5.41, 5.74) is 6.70. The number of anilines is 6. The number of hydrogen-bond donors (Lipinski definition) is 0. The molecule has 0 unspecified atom stereocenters. The Labute approximate surface area is 305 Å². The Morgan fingerprint density at radius 1 is 0.216 bits per heavy atom. The Hall–Kier alpha value is -5.84. The summed E-state index contributed by atoms with van der Waals surface area (Å²) >= 11 is -3.82. The minimum atomic E-state index is -3.82. The number of nitrogens with zero attached hydrogens (tertiary/aromatic N) is 2. The van der Waals surface area contributed by atoms with Gasteiger partial charge in [0.1, 0.15) is 0 Å². The Kier molecular flexibility index (Phi) is 9.49. The zero-order chi connectivity index (χ0) is 34.3. The van der Waals surface area contributed by atoms with Crippen LogP contribution in [0.15, 0.2) is 231 Å². The van der Waals surface area contributed by atoms with Gasteiger partial charge in [0.05, 0.1) is 0 Å². The van der Waals surface area contributed by atoms with Gasteiger partial charge in [-0.3, -0.25) is 0 Å². The van der Waals surface area contributed by atoms with Gasteiger partial charge in [0.25, 0.3) is 0 Å². The van der Waals surface area contributed by atoms with E-state index in [0.717, 1.165) is 34.1 Å². The van der Waals surface area contributed by atoms with Crippen LogP contribution >= 0.6 is 0 Å². The molecular formula is C48H38N2Sn. The van der Waals surface area contributed by atoms with Crippen molar-refractivity contribution < 1.29 is 0 Å². The first-order valence-electron chi connectivity index (χ1n) is 17.4. The molecule has 0 heterocycles. The molecule has 2 nitrogen and oxygen atoms in total. The SMILES string of the molecule is c1ccc(N(c2ccccc2)c2ccc(N(c3ccccc3)c3ccc[c]([Sn]([c]4ccccc4)([c]4ccccc4)[c]4ccccc4)c3)cc2)cc1. The molecule has 8 aromatic rings. The molecule has 8 aromatic carbocycles. The van der Waals surface area contributed by atoms with Gasteiger partial charge >= 0.3 is 295 Å². The van der Waals surface area contributed by atoms with Crippen LogP contribution in [0.25, 0.3) is 0 Å². The minimum absolute atomic E-state index is 1.10. The molecule has 0 aromatic heterocycles. The third kappa shape index (κ3) is 6.47. The second kappa shape index (κ2) is 15.0. The van der Waals surface area contributed by atoms with Crippen molar-refractivity contribution in [1.82, 2.24) is 0 Å². The molecule has 0 amide bonds. The van der Waals surface area contributed by atoms with Crippen molar-refractivity contribution in [3.05, 3.63) is 231 Å². The first-order chi connectivity index (χ1) is 25.3. The topological polar surface area (TPSA) is 6.48 Å². The van der Waals surface area contributed by atoms with Crippen molar-refractivity contribution in [3.63, 3.8) is 0 Å². The molecule has 244 valence electrons. The van der Waals surface area contributed by atoms with E-state index >= 15 is 0 Å². The molecule has 0 N–H and O–H groups in total. The van der Waals surface area contributed by atoms with E-state index < -0.39 is 18.4 Å². The second-order valence-corrected chi connectivity index (χ2v) is 23.5. The van der Waals surface area contributed by atoms with Crippen LogP contribution in [0.3, 0.4) is 0 Å². The predicted molar refractivity (Wildman–Crippen MR) is 219 cm³/mol. The molecule has 0 aliphatic heterocycles. The van der Waals surface area contributed by atoms with Gasteiger partial charge in [-0.25, -0.2) is 0 Å². The van der Waals surface area contributed by atoms with Crippen molar-refractivity contribution >= 4 is 66.8 Å². The Bertz CT molecular complexity index is 2140. The molecule has 0 saturated heterocycles. The quantitative estimate of drug-likeness (QED) is 0.128. The molecule has 0 spiro atoms. The van der Waals surface area contributed by atoms with Gasteiger partial charge in [-0.05, 0) is 0 Å². The maximum atomic E-state index is 2.46. The van der Waals surface area contributed by atoms with E-state index in [2.05, 4.69) is 240 Å². The van der Waals surface area contributed by atoms with E-state index in [1.54, 1.807) is 0 Å². The van der Waals surface area contributed by atoms with Crippen LogP contribution in [0.2, 0.25) is 0 Å². The van der Waals surface area contributed by atoms with Crippen LogP contribution in [0.4, 0.5) is 34.1 Å². The summed E-state index contributed by atoms with van der Waals surface area (Å²) in [5.74, 6) is 0. The van der Waals surface area contributed by atoms with Crippen LogP contribution in [0.1, 0.15) is 0 Å². The number of para-hydroxylation sites is 3. The van der Waals surface area contributed by atoms with Crippen LogP contribution in [-0.4, -0.2) is 18.4 Å². The fraction of sp³-hybridized carbons (Fsp3) is 0. The van der Waals surface area contributed by atoms with E-state index in [1.807, 2.05) is 0 Å². The van der Waals surface area contributed by atoms with Gasteiger partial charge in [-0.15, -0.1) is 0 Å². The molecular weight excluding hydrogens is 723 g/mol. The molecule has 0 saturated carbocycles. The molecule has 0 atom stereocenters. The zero-order valence-corrected chi connectivity index (χ0v) is 31.2. The van der Waals surface area contributed by atoms with Crippen molar-refractivity contribution in [2.24, 2.45) is 0 Å². The van der Waals surface area contributed by atoms with Crippen molar-refractivity contribution in [3.8, 4) is 0 Å². The number of hydrogen-bond acceptors (Lipinski definition) is 2. The van der Waals surface area contributed by atoms with Gasteiger partial charge in [-0.2, -0.15) is 0 Å². The first kappa shape index (κ1) is 32.4. The Balaban J connectivity index is 1.29. The summed E-state index contributed by atoms with van der Waals surface area (Å²) < 4.78 is 5.69. The second-order valence-electron chi connectivity index (χ2n) is 12.6. The average molecular weight is 762 g/mol. The molecule has 0 radical (unpaired) electrons. The third-order valence-electron chi connectivity index (χ3n) is 9.57.